The highest BCUT2D eigenvalue weighted by molar-refractivity contribution is 7.17. The molecule has 0 amide bonds. The number of carbonyl (C=O) groups excluding carboxylic acids is 1. The van der Waals surface area contributed by atoms with Gasteiger partial charge in [-0.2, -0.15) is 0 Å². The normalized spacial score (nSPS) is 12.1. The molecular formula is C23H20N2O4S. The van der Waals surface area contributed by atoms with Crippen LogP contribution in [0.2, 0.25) is 0 Å². The molecule has 0 radical (unpaired) electrons. The predicted molar refractivity (Wildman–Crippen MR) is 117 cm³/mol. The number of aliphatic hydroxyl groups excluding tert-OH is 1. The van der Waals surface area contributed by atoms with Crippen molar-refractivity contribution < 1.29 is 14.6 Å². The maximum Gasteiger partial charge on any atom is 0.262 e. The zero-order chi connectivity index (χ0) is 21.1. The van der Waals surface area contributed by atoms with Gasteiger partial charge in [0.2, 0.25) is 0 Å². The molecule has 0 bridgehead atoms. The maximum atomic E-state index is 13.1. The summed E-state index contributed by atoms with van der Waals surface area (Å²) in [6.45, 7) is 1.52. The van der Waals surface area contributed by atoms with Crippen LogP contribution in [0, 0.1) is 0 Å². The molecule has 2 aromatic carbocycles. The third-order valence-corrected chi connectivity index (χ3v) is 5.62. The zero-order valence-electron chi connectivity index (χ0n) is 16.3. The molecule has 7 heteroatoms. The minimum absolute atomic E-state index is 0.0129. The second-order valence-electron chi connectivity index (χ2n) is 6.95. The Morgan fingerprint density at radius 1 is 1.20 bits per heavy atom. The van der Waals surface area contributed by atoms with E-state index in [0.29, 0.717) is 21.5 Å². The lowest BCUT2D eigenvalue weighted by Gasteiger charge is -2.14. The minimum atomic E-state index is -0.915. The van der Waals surface area contributed by atoms with E-state index in [2.05, 4.69) is 4.98 Å². The standard InChI is InChI=1S/C23H20N2O4S/c1-15(26)17-8-5-9-19(10-17)29-12-18(27)11-25-14-24-22-21(23(25)28)20(13-30-22)16-6-3-2-4-7-16/h2-10,13-14,18,27H,11-12H2,1H3/t18-/m1/s1. The van der Waals surface area contributed by atoms with E-state index in [-0.39, 0.29) is 24.5 Å². The van der Waals surface area contributed by atoms with Crippen LogP contribution >= 0.6 is 11.3 Å². The molecule has 0 aliphatic carbocycles. The van der Waals surface area contributed by atoms with Gasteiger partial charge in [0.25, 0.3) is 5.56 Å². The molecular weight excluding hydrogens is 400 g/mol. The van der Waals surface area contributed by atoms with Crippen molar-refractivity contribution in [1.29, 1.82) is 0 Å². The first-order chi connectivity index (χ1) is 14.5. The molecule has 2 heterocycles. The van der Waals surface area contributed by atoms with Gasteiger partial charge in [-0.25, -0.2) is 4.98 Å². The first-order valence-electron chi connectivity index (χ1n) is 9.47. The molecule has 4 aromatic rings. The summed E-state index contributed by atoms with van der Waals surface area (Å²) in [6, 6.07) is 16.5. The monoisotopic (exact) mass is 420 g/mol. The summed E-state index contributed by atoms with van der Waals surface area (Å²) in [6.07, 6.45) is 0.539. The summed E-state index contributed by atoms with van der Waals surface area (Å²) >= 11 is 1.42. The number of ether oxygens (including phenoxy) is 1. The van der Waals surface area contributed by atoms with Crippen LogP contribution in [0.5, 0.6) is 5.75 Å². The third kappa shape index (κ3) is 4.17. The van der Waals surface area contributed by atoms with E-state index in [1.54, 1.807) is 24.3 Å². The quantitative estimate of drug-likeness (QED) is 0.460. The average molecular weight is 420 g/mol. The van der Waals surface area contributed by atoms with Crippen molar-refractivity contribution in [3.05, 3.63) is 82.2 Å². The molecule has 0 spiro atoms. The molecule has 0 saturated heterocycles. The number of aromatic nitrogens is 2. The summed E-state index contributed by atoms with van der Waals surface area (Å²) < 4.78 is 7.00. The Labute approximate surface area is 177 Å². The molecule has 0 aliphatic heterocycles. The molecule has 30 heavy (non-hydrogen) atoms. The highest BCUT2D eigenvalue weighted by Gasteiger charge is 2.15. The van der Waals surface area contributed by atoms with Crippen LogP contribution in [-0.4, -0.2) is 33.2 Å². The molecule has 0 aliphatic rings. The molecule has 1 N–H and O–H groups in total. The lowest BCUT2D eigenvalue weighted by atomic mass is 10.1. The van der Waals surface area contributed by atoms with Crippen molar-refractivity contribution in [2.24, 2.45) is 0 Å². The minimum Gasteiger partial charge on any atom is -0.491 e. The number of fused-ring (bicyclic) bond motifs is 1. The second kappa shape index (κ2) is 8.61. The summed E-state index contributed by atoms with van der Waals surface area (Å²) in [7, 11) is 0. The average Bonchev–Trinajstić information content (AvgIpc) is 3.20. The first-order valence-corrected chi connectivity index (χ1v) is 10.3. The number of ketones is 1. The number of aliphatic hydroxyl groups is 1. The van der Waals surface area contributed by atoms with Gasteiger partial charge in [0.05, 0.1) is 18.3 Å². The van der Waals surface area contributed by atoms with Gasteiger partial charge >= 0.3 is 0 Å². The summed E-state index contributed by atoms with van der Waals surface area (Å²) in [4.78, 5) is 29.6. The largest absolute Gasteiger partial charge is 0.491 e. The van der Waals surface area contributed by atoms with Crippen LogP contribution in [0.1, 0.15) is 17.3 Å². The Kier molecular flexibility index (Phi) is 5.74. The number of rotatable bonds is 7. The number of nitrogens with zero attached hydrogens (tertiary/aromatic N) is 2. The van der Waals surface area contributed by atoms with E-state index in [1.807, 2.05) is 35.7 Å². The number of thiophene rings is 1. The molecule has 2 aromatic heterocycles. The highest BCUT2D eigenvalue weighted by Crippen LogP contribution is 2.30. The van der Waals surface area contributed by atoms with Crippen LogP contribution in [0.15, 0.2) is 71.1 Å². The van der Waals surface area contributed by atoms with Gasteiger partial charge in [0.15, 0.2) is 5.78 Å². The number of carbonyl (C=O) groups is 1. The fraction of sp³-hybridized carbons (Fsp3) is 0.174. The topological polar surface area (TPSA) is 81.4 Å². The summed E-state index contributed by atoms with van der Waals surface area (Å²) in [5.41, 5.74) is 2.14. The molecule has 0 saturated carbocycles. The van der Waals surface area contributed by atoms with Crippen molar-refractivity contribution in [1.82, 2.24) is 9.55 Å². The van der Waals surface area contributed by atoms with E-state index in [4.69, 9.17) is 4.74 Å². The summed E-state index contributed by atoms with van der Waals surface area (Å²) in [5, 5.41) is 12.9. The smallest absolute Gasteiger partial charge is 0.262 e. The lowest BCUT2D eigenvalue weighted by Crippen LogP contribution is -2.30. The van der Waals surface area contributed by atoms with Gasteiger partial charge in [-0.15, -0.1) is 11.3 Å². The van der Waals surface area contributed by atoms with Crippen molar-refractivity contribution in [2.45, 2.75) is 19.6 Å². The Morgan fingerprint density at radius 3 is 2.77 bits per heavy atom. The maximum absolute atomic E-state index is 13.1. The number of hydrogen-bond donors (Lipinski definition) is 1. The molecule has 4 rings (SSSR count). The van der Waals surface area contributed by atoms with Gasteiger partial charge in [0.1, 0.15) is 23.3 Å². The Balaban J connectivity index is 1.52. The van der Waals surface area contributed by atoms with Crippen LogP contribution < -0.4 is 10.3 Å². The highest BCUT2D eigenvalue weighted by atomic mass is 32.1. The molecule has 152 valence electrons. The van der Waals surface area contributed by atoms with E-state index in [0.717, 1.165) is 11.1 Å². The van der Waals surface area contributed by atoms with Crippen molar-refractivity contribution in [3.8, 4) is 16.9 Å². The van der Waals surface area contributed by atoms with Crippen molar-refractivity contribution in [3.63, 3.8) is 0 Å². The number of benzene rings is 2. The predicted octanol–water partition coefficient (Wildman–Crippen LogP) is 3.77. The van der Waals surface area contributed by atoms with Gasteiger partial charge in [-0.1, -0.05) is 42.5 Å². The second-order valence-corrected chi connectivity index (χ2v) is 7.80. The van der Waals surface area contributed by atoms with E-state index in [9.17, 15) is 14.7 Å². The van der Waals surface area contributed by atoms with Gasteiger partial charge in [-0.3, -0.25) is 14.2 Å². The van der Waals surface area contributed by atoms with Gasteiger partial charge in [0, 0.05) is 16.5 Å². The Hall–Kier alpha value is -3.29. The van der Waals surface area contributed by atoms with Crippen LogP contribution in [-0.2, 0) is 6.54 Å². The number of Topliss-reactive ketones (excluding diaryl/α,β-unsaturated/α-hetero) is 1. The molecule has 0 fully saturated rings. The van der Waals surface area contributed by atoms with E-state index in [1.165, 1.54) is 29.2 Å². The Morgan fingerprint density at radius 2 is 2.00 bits per heavy atom. The third-order valence-electron chi connectivity index (χ3n) is 4.74. The molecule has 6 nitrogen and oxygen atoms in total. The van der Waals surface area contributed by atoms with Crippen molar-refractivity contribution >= 4 is 27.3 Å². The zero-order valence-corrected chi connectivity index (χ0v) is 17.1. The van der Waals surface area contributed by atoms with Gasteiger partial charge < -0.3 is 9.84 Å². The van der Waals surface area contributed by atoms with Crippen LogP contribution in [0.3, 0.4) is 0 Å². The summed E-state index contributed by atoms with van der Waals surface area (Å²) in [5.74, 6) is 0.434. The van der Waals surface area contributed by atoms with E-state index >= 15 is 0 Å². The van der Waals surface area contributed by atoms with Crippen molar-refractivity contribution in [2.75, 3.05) is 6.61 Å². The SMILES string of the molecule is CC(=O)c1cccc(OC[C@H](O)Cn2cnc3scc(-c4ccccc4)c3c2=O)c1. The first kappa shape index (κ1) is 20.0. The van der Waals surface area contributed by atoms with Gasteiger partial charge in [-0.05, 0) is 24.6 Å². The van der Waals surface area contributed by atoms with Crippen LogP contribution in [0.25, 0.3) is 21.3 Å². The fourth-order valence-electron chi connectivity index (χ4n) is 3.20. The lowest BCUT2D eigenvalue weighted by molar-refractivity contribution is 0.0913. The number of hydrogen-bond acceptors (Lipinski definition) is 6. The molecule has 1 atom stereocenters. The van der Waals surface area contributed by atoms with E-state index < -0.39 is 6.10 Å². The fourth-order valence-corrected chi connectivity index (χ4v) is 4.11. The van der Waals surface area contributed by atoms with Crippen LogP contribution in [0.4, 0.5) is 0 Å². The molecule has 0 unspecified atom stereocenters. The Bertz CT molecular complexity index is 1250.